The first kappa shape index (κ1) is 9.97. The minimum Gasteiger partial charge on any atom is -0.346 e. The molecule has 0 radical (unpaired) electrons. The van der Waals surface area contributed by atoms with Crippen molar-refractivity contribution in [2.45, 2.75) is 25.7 Å². The molecule has 0 bridgehead atoms. The summed E-state index contributed by atoms with van der Waals surface area (Å²) >= 11 is 0. The Hall–Kier alpha value is -0.570. The van der Waals surface area contributed by atoms with Crippen molar-refractivity contribution in [3.05, 3.63) is 0 Å². The van der Waals surface area contributed by atoms with E-state index in [1.54, 1.807) is 0 Å². The average molecular weight is 196 g/mol. The van der Waals surface area contributed by atoms with Gasteiger partial charge in [-0.3, -0.25) is 4.79 Å². The number of carbonyl (C=O) groups is 1. The molecule has 1 aliphatic heterocycles. The van der Waals surface area contributed by atoms with Crippen molar-refractivity contribution in [2.75, 3.05) is 26.7 Å². The lowest BCUT2D eigenvalue weighted by atomic mass is 9.97. The predicted octanol–water partition coefficient (Wildman–Crippen LogP) is 0.854. The smallest absolute Gasteiger partial charge is 0.225 e. The number of nitrogens with zero attached hydrogens (tertiary/aromatic N) is 1. The summed E-state index contributed by atoms with van der Waals surface area (Å²) in [5.74, 6) is 1.63. The fourth-order valence-corrected chi connectivity index (χ4v) is 1.92. The molecule has 1 N–H and O–H groups in total. The molecule has 0 aromatic rings. The van der Waals surface area contributed by atoms with Gasteiger partial charge in [0.1, 0.15) is 0 Å². The summed E-state index contributed by atoms with van der Waals surface area (Å²) in [6.07, 6.45) is 4.68. The fourth-order valence-electron chi connectivity index (χ4n) is 1.92. The molecule has 1 heterocycles. The van der Waals surface area contributed by atoms with Crippen LogP contribution in [0.15, 0.2) is 0 Å². The van der Waals surface area contributed by atoms with Gasteiger partial charge in [-0.05, 0) is 44.7 Å². The van der Waals surface area contributed by atoms with E-state index in [0.717, 1.165) is 25.3 Å². The third kappa shape index (κ3) is 2.47. The Balaban J connectivity index is 1.56. The summed E-state index contributed by atoms with van der Waals surface area (Å²) in [5, 5.41) is 3.27. The number of carbonyl (C=O) groups excluding carboxylic acids is 1. The van der Waals surface area contributed by atoms with Crippen LogP contribution in [0, 0.1) is 11.8 Å². The Morgan fingerprint density at radius 3 is 2.64 bits per heavy atom. The largest absolute Gasteiger partial charge is 0.346 e. The van der Waals surface area contributed by atoms with E-state index in [0.29, 0.717) is 11.8 Å². The maximum atomic E-state index is 11.6. The van der Waals surface area contributed by atoms with E-state index in [1.165, 1.54) is 25.9 Å². The van der Waals surface area contributed by atoms with Crippen LogP contribution in [-0.4, -0.2) is 37.5 Å². The molecule has 3 heteroatoms. The highest BCUT2D eigenvalue weighted by molar-refractivity contribution is 5.80. The van der Waals surface area contributed by atoms with Crippen LogP contribution in [0.25, 0.3) is 0 Å². The minimum absolute atomic E-state index is 0.372. The molecule has 1 aliphatic carbocycles. The van der Waals surface area contributed by atoms with Gasteiger partial charge in [0.05, 0.1) is 0 Å². The molecule has 2 fully saturated rings. The Kier molecular flexibility index (Phi) is 3.06. The molecular formula is C11H20N2O. The lowest BCUT2D eigenvalue weighted by Crippen LogP contribution is -2.42. The van der Waals surface area contributed by atoms with E-state index in [4.69, 9.17) is 0 Å². The van der Waals surface area contributed by atoms with E-state index in [2.05, 4.69) is 5.32 Å². The number of hydrogen-bond acceptors (Lipinski definition) is 2. The summed E-state index contributed by atoms with van der Waals surface area (Å²) in [6, 6.07) is 0. The van der Waals surface area contributed by atoms with E-state index in [9.17, 15) is 4.79 Å². The first-order valence-corrected chi connectivity index (χ1v) is 5.73. The van der Waals surface area contributed by atoms with Gasteiger partial charge in [0.25, 0.3) is 0 Å². The minimum atomic E-state index is 0.372. The van der Waals surface area contributed by atoms with E-state index < -0.39 is 0 Å². The maximum Gasteiger partial charge on any atom is 0.225 e. The summed E-state index contributed by atoms with van der Waals surface area (Å²) in [7, 11) is 1.94. The molecular weight excluding hydrogens is 176 g/mol. The van der Waals surface area contributed by atoms with E-state index >= 15 is 0 Å². The first-order chi connectivity index (χ1) is 6.77. The zero-order valence-corrected chi connectivity index (χ0v) is 8.96. The Morgan fingerprint density at radius 2 is 2.14 bits per heavy atom. The van der Waals surface area contributed by atoms with Crippen molar-refractivity contribution in [3.63, 3.8) is 0 Å². The van der Waals surface area contributed by atoms with Crippen molar-refractivity contribution in [1.82, 2.24) is 10.2 Å². The normalized spacial score (nSPS) is 21.8. The van der Waals surface area contributed by atoms with E-state index in [1.807, 2.05) is 11.9 Å². The standard InChI is InChI=1S/C11H20N2O/c1-13(11(14)10-4-5-10)6-2-3-9-7-12-8-9/h9-10,12H,2-8H2,1H3. The molecule has 14 heavy (non-hydrogen) atoms. The van der Waals surface area contributed by atoms with Gasteiger partial charge < -0.3 is 10.2 Å². The van der Waals surface area contributed by atoms with Crippen molar-refractivity contribution < 1.29 is 4.79 Å². The molecule has 0 atom stereocenters. The van der Waals surface area contributed by atoms with Crippen LogP contribution in [0.2, 0.25) is 0 Å². The zero-order chi connectivity index (χ0) is 9.97. The van der Waals surface area contributed by atoms with Crippen molar-refractivity contribution in [3.8, 4) is 0 Å². The highest BCUT2D eigenvalue weighted by Gasteiger charge is 2.31. The summed E-state index contributed by atoms with van der Waals surface area (Å²) in [5.41, 5.74) is 0. The fraction of sp³-hybridized carbons (Fsp3) is 0.909. The van der Waals surface area contributed by atoms with Crippen LogP contribution >= 0.6 is 0 Å². The quantitative estimate of drug-likeness (QED) is 0.707. The molecule has 1 amide bonds. The van der Waals surface area contributed by atoms with Crippen LogP contribution in [-0.2, 0) is 4.79 Å². The third-order valence-electron chi connectivity index (χ3n) is 3.27. The second kappa shape index (κ2) is 4.30. The molecule has 0 aromatic carbocycles. The summed E-state index contributed by atoms with van der Waals surface area (Å²) in [4.78, 5) is 13.5. The van der Waals surface area contributed by atoms with Gasteiger partial charge in [0, 0.05) is 19.5 Å². The summed E-state index contributed by atoms with van der Waals surface area (Å²) in [6.45, 7) is 3.31. The van der Waals surface area contributed by atoms with Crippen molar-refractivity contribution in [2.24, 2.45) is 11.8 Å². The lowest BCUT2D eigenvalue weighted by Gasteiger charge is -2.27. The molecule has 80 valence electrons. The van der Waals surface area contributed by atoms with E-state index in [-0.39, 0.29) is 0 Å². The van der Waals surface area contributed by atoms with Crippen molar-refractivity contribution >= 4 is 5.91 Å². The van der Waals surface area contributed by atoms with Gasteiger partial charge in [0.2, 0.25) is 5.91 Å². The number of rotatable bonds is 5. The number of nitrogens with one attached hydrogen (secondary N) is 1. The number of amides is 1. The van der Waals surface area contributed by atoms with Gasteiger partial charge in [0.15, 0.2) is 0 Å². The van der Waals surface area contributed by atoms with Gasteiger partial charge in [-0.25, -0.2) is 0 Å². The third-order valence-corrected chi connectivity index (χ3v) is 3.27. The molecule has 0 unspecified atom stereocenters. The molecule has 3 nitrogen and oxygen atoms in total. The maximum absolute atomic E-state index is 11.6. The van der Waals surface area contributed by atoms with Crippen LogP contribution in [0.3, 0.4) is 0 Å². The van der Waals surface area contributed by atoms with Crippen molar-refractivity contribution in [1.29, 1.82) is 0 Å². The Morgan fingerprint density at radius 1 is 1.43 bits per heavy atom. The highest BCUT2D eigenvalue weighted by Crippen LogP contribution is 2.30. The van der Waals surface area contributed by atoms with Gasteiger partial charge in [-0.2, -0.15) is 0 Å². The molecule has 0 spiro atoms. The van der Waals surface area contributed by atoms with Crippen LogP contribution < -0.4 is 5.32 Å². The monoisotopic (exact) mass is 196 g/mol. The first-order valence-electron chi connectivity index (χ1n) is 5.73. The lowest BCUT2D eigenvalue weighted by molar-refractivity contribution is -0.131. The SMILES string of the molecule is CN(CCCC1CNC1)C(=O)C1CC1. The van der Waals surface area contributed by atoms with Crippen LogP contribution in [0.1, 0.15) is 25.7 Å². The van der Waals surface area contributed by atoms with Crippen LogP contribution in [0.4, 0.5) is 0 Å². The predicted molar refractivity (Wildman–Crippen MR) is 56.0 cm³/mol. The molecule has 0 aromatic heterocycles. The number of hydrogen-bond donors (Lipinski definition) is 1. The second-order valence-electron chi connectivity index (χ2n) is 4.70. The molecule has 2 aliphatic rings. The topological polar surface area (TPSA) is 32.3 Å². The van der Waals surface area contributed by atoms with Gasteiger partial charge >= 0.3 is 0 Å². The molecule has 2 rings (SSSR count). The highest BCUT2D eigenvalue weighted by atomic mass is 16.2. The Labute approximate surface area is 85.8 Å². The Bertz CT molecular complexity index is 209. The summed E-state index contributed by atoms with van der Waals surface area (Å²) < 4.78 is 0. The van der Waals surface area contributed by atoms with Crippen LogP contribution in [0.5, 0.6) is 0 Å². The zero-order valence-electron chi connectivity index (χ0n) is 8.96. The molecule has 1 saturated heterocycles. The van der Waals surface area contributed by atoms with Gasteiger partial charge in [-0.1, -0.05) is 0 Å². The average Bonchev–Trinajstić information content (AvgIpc) is 2.90. The molecule has 1 saturated carbocycles. The van der Waals surface area contributed by atoms with Gasteiger partial charge in [-0.15, -0.1) is 0 Å². The second-order valence-corrected chi connectivity index (χ2v) is 4.70.